The lowest BCUT2D eigenvalue weighted by molar-refractivity contribution is -0.121. The molecular weight excluding hydrogens is 218 g/mol. The third-order valence-electron chi connectivity index (χ3n) is 3.17. The van der Waals surface area contributed by atoms with Crippen LogP contribution in [-0.2, 0) is 9.53 Å². The van der Waals surface area contributed by atoms with Gasteiger partial charge in [-0.1, -0.05) is 13.8 Å². The first-order chi connectivity index (χ1) is 7.99. The molecule has 0 saturated heterocycles. The molecule has 0 aromatic heterocycles. The van der Waals surface area contributed by atoms with Gasteiger partial charge in [0, 0.05) is 12.0 Å². The molecule has 0 bridgehead atoms. The average Bonchev–Trinajstić information content (AvgIpc) is 2.27. The Bertz CT molecular complexity index is 268. The molecule has 1 saturated carbocycles. The number of rotatable bonds is 4. The predicted molar refractivity (Wildman–Crippen MR) is 65.7 cm³/mol. The molecule has 0 spiro atoms. The van der Waals surface area contributed by atoms with Crippen molar-refractivity contribution in [3.63, 3.8) is 0 Å². The van der Waals surface area contributed by atoms with Gasteiger partial charge in [-0.05, 0) is 38.5 Å². The van der Waals surface area contributed by atoms with Crippen molar-refractivity contribution in [3.05, 3.63) is 0 Å². The summed E-state index contributed by atoms with van der Waals surface area (Å²) in [5.74, 6) is 0.819. The summed E-state index contributed by atoms with van der Waals surface area (Å²) in [6, 6.07) is 0.172. The SMILES string of the molecule is CC(=O)C1CCC(NC(=O)OCC(C)C)CC1. The van der Waals surface area contributed by atoms with E-state index >= 15 is 0 Å². The van der Waals surface area contributed by atoms with Crippen molar-refractivity contribution < 1.29 is 14.3 Å². The zero-order valence-corrected chi connectivity index (χ0v) is 11.0. The number of ether oxygens (including phenoxy) is 1. The Morgan fingerprint density at radius 2 is 1.82 bits per heavy atom. The van der Waals surface area contributed by atoms with Crippen LogP contribution in [0.2, 0.25) is 0 Å². The number of ketones is 1. The summed E-state index contributed by atoms with van der Waals surface area (Å²) in [5, 5.41) is 2.86. The van der Waals surface area contributed by atoms with E-state index in [2.05, 4.69) is 5.32 Å². The predicted octanol–water partition coefficient (Wildman–Crippen LogP) is 2.52. The maximum Gasteiger partial charge on any atom is 0.407 e. The zero-order valence-electron chi connectivity index (χ0n) is 11.0. The van der Waals surface area contributed by atoms with Gasteiger partial charge in [0.15, 0.2) is 0 Å². The maximum absolute atomic E-state index is 11.4. The molecule has 1 amide bonds. The molecule has 0 atom stereocenters. The highest BCUT2D eigenvalue weighted by atomic mass is 16.5. The van der Waals surface area contributed by atoms with Gasteiger partial charge in [-0.25, -0.2) is 4.79 Å². The zero-order chi connectivity index (χ0) is 12.8. The van der Waals surface area contributed by atoms with Crippen molar-refractivity contribution in [1.29, 1.82) is 0 Å². The third kappa shape index (κ3) is 5.20. The van der Waals surface area contributed by atoms with Gasteiger partial charge in [-0.2, -0.15) is 0 Å². The van der Waals surface area contributed by atoms with Gasteiger partial charge in [-0.15, -0.1) is 0 Å². The van der Waals surface area contributed by atoms with Crippen molar-refractivity contribution in [2.24, 2.45) is 11.8 Å². The molecule has 0 radical (unpaired) electrons. The summed E-state index contributed by atoms with van der Waals surface area (Å²) in [7, 11) is 0. The minimum absolute atomic E-state index is 0.172. The summed E-state index contributed by atoms with van der Waals surface area (Å²) in [6.45, 7) is 6.11. The average molecular weight is 241 g/mol. The number of carbonyl (C=O) groups excluding carboxylic acids is 2. The van der Waals surface area contributed by atoms with Crippen LogP contribution in [-0.4, -0.2) is 24.5 Å². The van der Waals surface area contributed by atoms with Gasteiger partial charge in [0.25, 0.3) is 0 Å². The molecule has 1 rings (SSSR count). The first kappa shape index (κ1) is 14.0. The van der Waals surface area contributed by atoms with Gasteiger partial charge in [0.1, 0.15) is 5.78 Å². The van der Waals surface area contributed by atoms with Crippen molar-refractivity contribution in [2.75, 3.05) is 6.61 Å². The van der Waals surface area contributed by atoms with E-state index in [1.807, 2.05) is 13.8 Å². The van der Waals surface area contributed by atoms with Crippen LogP contribution in [0.15, 0.2) is 0 Å². The Balaban J connectivity index is 2.21. The lowest BCUT2D eigenvalue weighted by Gasteiger charge is -2.27. The van der Waals surface area contributed by atoms with E-state index in [9.17, 15) is 9.59 Å². The molecule has 0 heterocycles. The van der Waals surface area contributed by atoms with Gasteiger partial charge < -0.3 is 10.1 Å². The number of hydrogen-bond acceptors (Lipinski definition) is 3. The number of alkyl carbamates (subject to hydrolysis) is 1. The quantitative estimate of drug-likeness (QED) is 0.822. The molecule has 1 N–H and O–H groups in total. The van der Waals surface area contributed by atoms with E-state index in [1.54, 1.807) is 6.92 Å². The minimum atomic E-state index is -0.329. The molecule has 17 heavy (non-hydrogen) atoms. The van der Waals surface area contributed by atoms with Gasteiger partial charge >= 0.3 is 6.09 Å². The van der Waals surface area contributed by atoms with Crippen molar-refractivity contribution in [1.82, 2.24) is 5.32 Å². The fraction of sp³-hybridized carbons (Fsp3) is 0.846. The normalized spacial score (nSPS) is 24.5. The number of hydrogen-bond donors (Lipinski definition) is 1. The molecule has 0 unspecified atom stereocenters. The minimum Gasteiger partial charge on any atom is -0.449 e. The molecule has 98 valence electrons. The molecule has 0 aliphatic heterocycles. The summed E-state index contributed by atoms with van der Waals surface area (Å²) in [5.41, 5.74) is 0. The Morgan fingerprint density at radius 1 is 1.24 bits per heavy atom. The highest BCUT2D eigenvalue weighted by Gasteiger charge is 2.25. The number of amides is 1. The van der Waals surface area contributed by atoms with Gasteiger partial charge in [0.2, 0.25) is 0 Å². The van der Waals surface area contributed by atoms with Crippen LogP contribution < -0.4 is 5.32 Å². The van der Waals surface area contributed by atoms with E-state index in [4.69, 9.17) is 4.74 Å². The van der Waals surface area contributed by atoms with Crippen molar-refractivity contribution in [2.45, 2.75) is 52.5 Å². The fourth-order valence-corrected chi connectivity index (χ4v) is 2.09. The van der Waals surface area contributed by atoms with E-state index < -0.39 is 0 Å². The van der Waals surface area contributed by atoms with Crippen LogP contribution in [0.5, 0.6) is 0 Å². The highest BCUT2D eigenvalue weighted by Crippen LogP contribution is 2.24. The number of Topliss-reactive ketones (excluding diaryl/α,β-unsaturated/α-hetero) is 1. The highest BCUT2D eigenvalue weighted by molar-refractivity contribution is 5.78. The molecule has 1 aliphatic rings. The number of carbonyl (C=O) groups is 2. The smallest absolute Gasteiger partial charge is 0.407 e. The Labute approximate surface area is 103 Å². The number of nitrogens with one attached hydrogen (secondary N) is 1. The van der Waals surface area contributed by atoms with Gasteiger partial charge in [0.05, 0.1) is 6.61 Å². The van der Waals surface area contributed by atoms with Crippen LogP contribution in [0.4, 0.5) is 4.79 Å². The molecular formula is C13H23NO3. The van der Waals surface area contributed by atoms with Crippen LogP contribution in [0.1, 0.15) is 46.5 Å². The topological polar surface area (TPSA) is 55.4 Å². The van der Waals surface area contributed by atoms with Crippen molar-refractivity contribution in [3.8, 4) is 0 Å². The Morgan fingerprint density at radius 3 is 2.29 bits per heavy atom. The Kier molecular flexibility index (Phi) is 5.45. The summed E-state index contributed by atoms with van der Waals surface area (Å²) in [6.07, 6.45) is 3.18. The second-order valence-corrected chi connectivity index (χ2v) is 5.30. The molecule has 0 aromatic rings. The van der Waals surface area contributed by atoms with E-state index in [0.29, 0.717) is 12.5 Å². The molecule has 0 aromatic carbocycles. The van der Waals surface area contributed by atoms with Crippen LogP contribution >= 0.6 is 0 Å². The maximum atomic E-state index is 11.4. The van der Waals surface area contributed by atoms with Crippen LogP contribution in [0.25, 0.3) is 0 Å². The molecule has 4 nitrogen and oxygen atoms in total. The Hall–Kier alpha value is -1.06. The third-order valence-corrected chi connectivity index (χ3v) is 3.17. The molecule has 1 fully saturated rings. The first-order valence-electron chi connectivity index (χ1n) is 6.42. The summed E-state index contributed by atoms with van der Waals surface area (Å²) in [4.78, 5) is 22.6. The van der Waals surface area contributed by atoms with E-state index in [0.717, 1.165) is 25.7 Å². The largest absolute Gasteiger partial charge is 0.449 e. The monoisotopic (exact) mass is 241 g/mol. The lowest BCUT2D eigenvalue weighted by atomic mass is 9.84. The van der Waals surface area contributed by atoms with E-state index in [1.165, 1.54) is 0 Å². The fourth-order valence-electron chi connectivity index (χ4n) is 2.09. The van der Waals surface area contributed by atoms with Gasteiger partial charge in [-0.3, -0.25) is 4.79 Å². The van der Waals surface area contributed by atoms with Crippen LogP contribution in [0.3, 0.4) is 0 Å². The summed E-state index contributed by atoms with van der Waals surface area (Å²) < 4.78 is 5.06. The first-order valence-corrected chi connectivity index (χ1v) is 6.42. The second-order valence-electron chi connectivity index (χ2n) is 5.30. The van der Waals surface area contributed by atoms with E-state index in [-0.39, 0.29) is 23.8 Å². The lowest BCUT2D eigenvalue weighted by Crippen LogP contribution is -2.39. The standard InChI is InChI=1S/C13H23NO3/c1-9(2)8-17-13(16)14-12-6-4-11(5-7-12)10(3)15/h9,11-12H,4-8H2,1-3H3,(H,14,16). The van der Waals surface area contributed by atoms with Crippen molar-refractivity contribution >= 4 is 11.9 Å². The molecule has 4 heteroatoms. The van der Waals surface area contributed by atoms with Crippen LogP contribution in [0, 0.1) is 11.8 Å². The second kappa shape index (κ2) is 6.62. The molecule has 1 aliphatic carbocycles. The summed E-state index contributed by atoms with van der Waals surface area (Å²) >= 11 is 0.